The number of hydrogen-bond donors (Lipinski definition) is 3. The zero-order chi connectivity index (χ0) is 34.6. The Hall–Kier alpha value is -4.91. The highest BCUT2D eigenvalue weighted by Gasteiger charge is 2.39. The predicted molar refractivity (Wildman–Crippen MR) is 195 cm³/mol. The van der Waals surface area contributed by atoms with Crippen LogP contribution in [0.15, 0.2) is 89.4 Å². The van der Waals surface area contributed by atoms with Crippen molar-refractivity contribution in [3.63, 3.8) is 0 Å². The molecule has 5 aromatic rings. The number of carbonyl (C=O) groups is 3. The van der Waals surface area contributed by atoms with Gasteiger partial charge in [-0.25, -0.2) is 0 Å². The molecule has 3 N–H and O–H groups in total. The fourth-order valence-corrected chi connectivity index (χ4v) is 7.52. The highest BCUT2D eigenvalue weighted by molar-refractivity contribution is 9.10. The number of phenols is 1. The number of fused-ring (bicyclic) bond motifs is 2. The molecule has 50 heavy (non-hydrogen) atoms. The van der Waals surface area contributed by atoms with E-state index in [4.69, 9.17) is 14.2 Å². The molecule has 3 heterocycles. The summed E-state index contributed by atoms with van der Waals surface area (Å²) in [4.78, 5) is 39.2. The molecule has 1 unspecified atom stereocenters. The number of aromatic hydroxyl groups is 1. The number of thiophene rings is 1. The number of hydrogen-bond acceptors (Lipinski definition) is 9. The number of nitrogens with zero attached hydrogens (tertiary/aromatic N) is 1. The SMILES string of the molecule is O=C1CCC(N2Cc3cc(NCCCOCCOc4ccc(Oc5c(-c6ccc(Br)cc6)sc6cc(O)ccc56)cc4)ccc3C2=O)C(=O)N1. The summed E-state index contributed by atoms with van der Waals surface area (Å²) in [6.07, 6.45) is 1.36. The van der Waals surface area contributed by atoms with Gasteiger partial charge in [-0.05, 0) is 96.8 Å². The number of carbonyl (C=O) groups excluding carboxylic acids is 3. The fraction of sp³-hybridized carbons (Fsp3) is 0.237. The van der Waals surface area contributed by atoms with Gasteiger partial charge in [0.1, 0.15) is 29.9 Å². The number of piperidine rings is 1. The largest absolute Gasteiger partial charge is 0.508 e. The minimum Gasteiger partial charge on any atom is -0.508 e. The minimum atomic E-state index is -0.620. The second kappa shape index (κ2) is 14.9. The Morgan fingerprint density at radius 1 is 0.920 bits per heavy atom. The average molecular weight is 757 g/mol. The number of rotatable bonds is 13. The maximum atomic E-state index is 12.9. The highest BCUT2D eigenvalue weighted by Crippen LogP contribution is 2.47. The van der Waals surface area contributed by atoms with Crippen molar-refractivity contribution in [3.05, 3.63) is 101 Å². The summed E-state index contributed by atoms with van der Waals surface area (Å²) < 4.78 is 20.0. The van der Waals surface area contributed by atoms with Crippen LogP contribution in [0.1, 0.15) is 35.2 Å². The van der Waals surface area contributed by atoms with E-state index in [0.29, 0.717) is 56.4 Å². The van der Waals surface area contributed by atoms with Crippen LogP contribution in [0, 0.1) is 0 Å². The Balaban J connectivity index is 0.841. The van der Waals surface area contributed by atoms with Gasteiger partial charge in [0.05, 0.1) is 11.5 Å². The number of imide groups is 1. The zero-order valence-corrected chi connectivity index (χ0v) is 29.3. The Bertz CT molecular complexity index is 2050. The summed E-state index contributed by atoms with van der Waals surface area (Å²) in [6, 6.07) is 25.8. The molecule has 0 saturated carbocycles. The molecule has 7 rings (SSSR count). The van der Waals surface area contributed by atoms with Gasteiger partial charge in [-0.1, -0.05) is 28.1 Å². The minimum absolute atomic E-state index is 0.179. The van der Waals surface area contributed by atoms with Gasteiger partial charge in [0.15, 0.2) is 5.75 Å². The predicted octanol–water partition coefficient (Wildman–Crippen LogP) is 7.49. The third-order valence-corrected chi connectivity index (χ3v) is 10.3. The molecule has 1 aromatic heterocycles. The molecule has 2 aliphatic heterocycles. The van der Waals surface area contributed by atoms with Gasteiger partial charge in [0.25, 0.3) is 5.91 Å². The van der Waals surface area contributed by atoms with Gasteiger partial charge in [0, 0.05) is 51.9 Å². The second-order valence-corrected chi connectivity index (χ2v) is 14.0. The molecule has 0 radical (unpaired) electrons. The van der Waals surface area contributed by atoms with E-state index in [1.807, 2.05) is 66.7 Å². The molecule has 1 atom stereocenters. The molecule has 1 saturated heterocycles. The van der Waals surface area contributed by atoms with Gasteiger partial charge in [-0.15, -0.1) is 11.3 Å². The van der Waals surface area contributed by atoms with Gasteiger partial charge in [-0.3, -0.25) is 19.7 Å². The number of anilines is 1. The van der Waals surface area contributed by atoms with Crippen LogP contribution < -0.4 is 20.1 Å². The molecule has 2 aliphatic rings. The Labute approximate surface area is 301 Å². The van der Waals surface area contributed by atoms with Crippen molar-refractivity contribution in [1.82, 2.24) is 10.2 Å². The van der Waals surface area contributed by atoms with Crippen LogP contribution >= 0.6 is 27.3 Å². The third kappa shape index (κ3) is 7.47. The molecule has 12 heteroatoms. The number of ether oxygens (including phenoxy) is 3. The van der Waals surface area contributed by atoms with E-state index in [2.05, 4.69) is 26.6 Å². The van der Waals surface area contributed by atoms with Crippen LogP contribution in [-0.4, -0.2) is 60.1 Å². The molecule has 4 aromatic carbocycles. The second-order valence-electron chi connectivity index (χ2n) is 12.0. The zero-order valence-electron chi connectivity index (χ0n) is 26.9. The standard InChI is InChI=1S/C38H34BrN3O7S/c39-25-4-2-23(3-5-25)36-35(31-13-7-27(43)21-33(31)50-36)49-29-10-8-28(9-11-29)48-19-18-47-17-1-16-40-26-6-12-30-24(20-26)22-42(38(30)46)32-14-15-34(44)41-37(32)45/h2-13,20-21,32,40,43H,1,14-19,22H2,(H,41,44,45). The Kier molecular flexibility index (Phi) is 10.0. The van der Waals surface area contributed by atoms with Crippen molar-refractivity contribution in [2.75, 3.05) is 31.7 Å². The van der Waals surface area contributed by atoms with Gasteiger partial charge >= 0.3 is 0 Å². The van der Waals surface area contributed by atoms with Gasteiger partial charge in [0.2, 0.25) is 11.8 Å². The molecular formula is C38H34BrN3O7S. The first kappa shape index (κ1) is 33.6. The van der Waals surface area contributed by atoms with Crippen molar-refractivity contribution in [2.24, 2.45) is 0 Å². The van der Waals surface area contributed by atoms with E-state index < -0.39 is 11.9 Å². The first-order chi connectivity index (χ1) is 24.3. The van der Waals surface area contributed by atoms with E-state index in [1.165, 1.54) is 0 Å². The normalized spacial score (nSPS) is 15.7. The van der Waals surface area contributed by atoms with Crippen molar-refractivity contribution < 1.29 is 33.7 Å². The number of nitrogens with one attached hydrogen (secondary N) is 2. The van der Waals surface area contributed by atoms with E-state index in [0.717, 1.165) is 48.4 Å². The maximum Gasteiger partial charge on any atom is 0.255 e. The van der Waals surface area contributed by atoms with Crippen LogP contribution in [0.5, 0.6) is 23.0 Å². The maximum absolute atomic E-state index is 12.9. The molecule has 0 aliphatic carbocycles. The lowest BCUT2D eigenvalue weighted by Gasteiger charge is -2.29. The number of halogens is 1. The molecule has 256 valence electrons. The summed E-state index contributed by atoms with van der Waals surface area (Å²) in [5, 5.41) is 16.7. The van der Waals surface area contributed by atoms with Crippen LogP contribution in [-0.2, 0) is 20.9 Å². The summed E-state index contributed by atoms with van der Waals surface area (Å²) in [5.41, 5.74) is 3.38. The fourth-order valence-electron chi connectivity index (χ4n) is 6.09. The quantitative estimate of drug-likeness (QED) is 0.0834. The highest BCUT2D eigenvalue weighted by atomic mass is 79.9. The van der Waals surface area contributed by atoms with E-state index in [-0.39, 0.29) is 24.0 Å². The molecular weight excluding hydrogens is 722 g/mol. The molecule has 10 nitrogen and oxygen atoms in total. The lowest BCUT2D eigenvalue weighted by atomic mass is 10.0. The van der Waals surface area contributed by atoms with Crippen LogP contribution in [0.25, 0.3) is 20.5 Å². The van der Waals surface area contributed by atoms with Gasteiger partial charge in [-0.2, -0.15) is 0 Å². The smallest absolute Gasteiger partial charge is 0.255 e. The van der Waals surface area contributed by atoms with Crippen LogP contribution in [0.3, 0.4) is 0 Å². The summed E-state index contributed by atoms with van der Waals surface area (Å²) in [6.45, 7) is 2.45. The summed E-state index contributed by atoms with van der Waals surface area (Å²) in [5.74, 6) is 1.46. The molecule has 1 fully saturated rings. The summed E-state index contributed by atoms with van der Waals surface area (Å²) in [7, 11) is 0. The van der Waals surface area contributed by atoms with E-state index in [1.54, 1.807) is 34.4 Å². The van der Waals surface area contributed by atoms with Gasteiger partial charge < -0.3 is 29.5 Å². The third-order valence-electron chi connectivity index (χ3n) is 8.59. The topological polar surface area (TPSA) is 126 Å². The first-order valence-electron chi connectivity index (χ1n) is 16.3. The average Bonchev–Trinajstić information content (AvgIpc) is 3.63. The molecule has 0 spiro atoms. The monoisotopic (exact) mass is 755 g/mol. The molecule has 3 amide bonds. The number of phenolic OH excluding ortho intramolecular Hbond substituents is 1. The van der Waals surface area contributed by atoms with Crippen molar-refractivity contribution >= 4 is 60.8 Å². The van der Waals surface area contributed by atoms with Crippen molar-refractivity contribution in [3.8, 4) is 33.4 Å². The van der Waals surface area contributed by atoms with Crippen molar-refractivity contribution in [2.45, 2.75) is 31.8 Å². The van der Waals surface area contributed by atoms with Crippen molar-refractivity contribution in [1.29, 1.82) is 0 Å². The summed E-state index contributed by atoms with van der Waals surface area (Å²) >= 11 is 5.07. The number of amides is 3. The van der Waals surface area contributed by atoms with Crippen LogP contribution in [0.2, 0.25) is 0 Å². The van der Waals surface area contributed by atoms with E-state index in [9.17, 15) is 19.5 Å². The Morgan fingerprint density at radius 2 is 1.72 bits per heavy atom. The van der Waals surface area contributed by atoms with E-state index >= 15 is 0 Å². The first-order valence-corrected chi connectivity index (χ1v) is 17.9. The number of benzene rings is 4. The lowest BCUT2D eigenvalue weighted by molar-refractivity contribution is -0.136. The van der Waals surface area contributed by atoms with Crippen LogP contribution in [0.4, 0.5) is 5.69 Å². The Morgan fingerprint density at radius 3 is 2.52 bits per heavy atom. The lowest BCUT2D eigenvalue weighted by Crippen LogP contribution is -2.52. The molecule has 0 bridgehead atoms.